The van der Waals surface area contributed by atoms with Crippen LogP contribution < -0.4 is 10.3 Å². The van der Waals surface area contributed by atoms with E-state index in [0.29, 0.717) is 0 Å². The molecule has 9 rings (SSSR count). The normalized spacial score (nSPS) is 14.9. The molecule has 3 nitrogen and oxygen atoms in total. The van der Waals surface area contributed by atoms with Crippen LogP contribution in [0.25, 0.3) is 34.2 Å². The number of para-hydroxylation sites is 1. The second-order valence-electron chi connectivity index (χ2n) is 12.7. The summed E-state index contributed by atoms with van der Waals surface area (Å²) >= 11 is 0. The third-order valence-corrected chi connectivity index (χ3v) is 9.64. The minimum absolute atomic E-state index is 0.0388. The molecule has 2 aliphatic rings. The number of rotatable bonds is 7. The number of nitrogens with zero attached hydrogens (tertiary/aromatic N) is 2. The SMILES string of the molecule is C1=C(c2ccccc2)N2NC(c3ccccc3)C(c3ccccc3)=C2c2cccc(N(c3ccccc3)c3cccc(-c4ccccc4)c3)c21. The quantitative estimate of drug-likeness (QED) is 0.187. The van der Waals surface area contributed by atoms with Crippen molar-refractivity contribution in [2.45, 2.75) is 6.04 Å². The summed E-state index contributed by atoms with van der Waals surface area (Å²) in [7, 11) is 0. The summed E-state index contributed by atoms with van der Waals surface area (Å²) in [4.78, 5) is 2.40. The van der Waals surface area contributed by atoms with Crippen LogP contribution in [0.5, 0.6) is 0 Å². The molecule has 0 radical (unpaired) electrons. The van der Waals surface area contributed by atoms with E-state index in [2.05, 4.69) is 216 Å². The third-order valence-electron chi connectivity index (χ3n) is 9.64. The highest BCUT2D eigenvalue weighted by atomic mass is 15.6. The average molecular weight is 642 g/mol. The number of hydrogen-bond donors (Lipinski definition) is 1. The maximum atomic E-state index is 3.96. The largest absolute Gasteiger partial charge is 0.310 e. The molecule has 50 heavy (non-hydrogen) atoms. The van der Waals surface area contributed by atoms with E-state index in [1.807, 2.05) is 0 Å². The van der Waals surface area contributed by atoms with Gasteiger partial charge in [-0.05, 0) is 64.2 Å². The zero-order chi connectivity index (χ0) is 33.3. The van der Waals surface area contributed by atoms with Gasteiger partial charge in [0, 0.05) is 28.1 Å². The van der Waals surface area contributed by atoms with Crippen LogP contribution in [0, 0.1) is 0 Å². The van der Waals surface area contributed by atoms with E-state index in [1.165, 1.54) is 44.7 Å². The zero-order valence-electron chi connectivity index (χ0n) is 27.5. The monoisotopic (exact) mass is 641 g/mol. The molecule has 0 aliphatic carbocycles. The number of benzene rings is 7. The molecule has 2 heterocycles. The van der Waals surface area contributed by atoms with Crippen molar-refractivity contribution in [3.05, 3.63) is 222 Å². The highest BCUT2D eigenvalue weighted by molar-refractivity contribution is 6.07. The van der Waals surface area contributed by atoms with E-state index in [9.17, 15) is 0 Å². The van der Waals surface area contributed by atoms with Gasteiger partial charge < -0.3 is 4.90 Å². The first-order valence-corrected chi connectivity index (χ1v) is 17.2. The lowest BCUT2D eigenvalue weighted by Crippen LogP contribution is -2.33. The highest BCUT2D eigenvalue weighted by Gasteiger charge is 2.39. The fraction of sp³-hybridized carbons (Fsp3) is 0.0213. The van der Waals surface area contributed by atoms with Gasteiger partial charge in [-0.3, -0.25) is 5.01 Å². The van der Waals surface area contributed by atoms with Crippen molar-refractivity contribution in [2.75, 3.05) is 4.90 Å². The predicted octanol–water partition coefficient (Wildman–Crippen LogP) is 11.8. The number of fused-ring (bicyclic) bond motifs is 3. The van der Waals surface area contributed by atoms with E-state index in [0.717, 1.165) is 28.3 Å². The first kappa shape index (κ1) is 29.7. The molecule has 7 aromatic carbocycles. The van der Waals surface area contributed by atoms with Gasteiger partial charge in [-0.1, -0.05) is 164 Å². The summed E-state index contributed by atoms with van der Waals surface area (Å²) in [5, 5.41) is 2.32. The average Bonchev–Trinajstić information content (AvgIpc) is 3.61. The Balaban J connectivity index is 1.32. The van der Waals surface area contributed by atoms with Gasteiger partial charge in [0.05, 0.1) is 23.1 Å². The molecule has 238 valence electrons. The number of anilines is 3. The molecule has 0 saturated heterocycles. The summed E-state index contributed by atoms with van der Waals surface area (Å²) in [5.74, 6) is 0. The smallest absolute Gasteiger partial charge is 0.0793 e. The van der Waals surface area contributed by atoms with E-state index in [4.69, 9.17) is 0 Å². The molecule has 7 aromatic rings. The van der Waals surface area contributed by atoms with Crippen molar-refractivity contribution in [1.82, 2.24) is 10.4 Å². The summed E-state index contributed by atoms with van der Waals surface area (Å²) in [6.07, 6.45) is 2.36. The van der Waals surface area contributed by atoms with E-state index in [1.54, 1.807) is 0 Å². The van der Waals surface area contributed by atoms with Crippen molar-refractivity contribution in [2.24, 2.45) is 0 Å². The predicted molar refractivity (Wildman–Crippen MR) is 208 cm³/mol. The molecule has 0 bridgehead atoms. The molecule has 0 aromatic heterocycles. The second-order valence-corrected chi connectivity index (χ2v) is 12.7. The van der Waals surface area contributed by atoms with Crippen LogP contribution in [-0.2, 0) is 0 Å². The Kier molecular flexibility index (Phi) is 7.65. The standard InChI is InChI=1S/C47H35N3/c1-6-18-34(19-7-1)38-26-16-29-40(32-38)49(39-27-14-5-15-28-39)43-31-17-30-41-42(43)33-44(35-20-8-2-9-21-35)50-47(41)45(36-22-10-3-11-23-36)46(48-50)37-24-12-4-13-25-37/h1-33,46,48H. The Morgan fingerprint density at radius 1 is 0.460 bits per heavy atom. The van der Waals surface area contributed by atoms with Crippen molar-refractivity contribution < 1.29 is 0 Å². The lowest BCUT2D eigenvalue weighted by atomic mass is 9.87. The van der Waals surface area contributed by atoms with Gasteiger partial charge >= 0.3 is 0 Å². The Morgan fingerprint density at radius 2 is 1.00 bits per heavy atom. The van der Waals surface area contributed by atoms with Crippen molar-refractivity contribution >= 4 is 40.1 Å². The summed E-state index contributed by atoms with van der Waals surface area (Å²) in [5.41, 5.74) is 19.1. The molecule has 0 fully saturated rings. The maximum absolute atomic E-state index is 3.96. The van der Waals surface area contributed by atoms with Crippen LogP contribution in [0.15, 0.2) is 194 Å². The van der Waals surface area contributed by atoms with E-state index >= 15 is 0 Å². The van der Waals surface area contributed by atoms with E-state index < -0.39 is 0 Å². The molecule has 0 saturated carbocycles. The third kappa shape index (κ3) is 5.31. The Labute approximate surface area is 293 Å². The van der Waals surface area contributed by atoms with Crippen LogP contribution in [0.3, 0.4) is 0 Å². The number of hydrogen-bond acceptors (Lipinski definition) is 3. The summed E-state index contributed by atoms with van der Waals surface area (Å²) < 4.78 is 0. The van der Waals surface area contributed by atoms with Gasteiger partial charge in [0.1, 0.15) is 0 Å². The molecule has 0 amide bonds. The molecule has 2 aliphatic heterocycles. The van der Waals surface area contributed by atoms with Crippen molar-refractivity contribution in [3.63, 3.8) is 0 Å². The van der Waals surface area contributed by atoms with E-state index in [-0.39, 0.29) is 6.04 Å². The molecule has 1 atom stereocenters. The molecular weight excluding hydrogens is 607 g/mol. The van der Waals surface area contributed by atoms with Crippen LogP contribution in [0.4, 0.5) is 17.1 Å². The topological polar surface area (TPSA) is 18.5 Å². The lowest BCUT2D eigenvalue weighted by molar-refractivity contribution is 0.405. The number of nitrogens with one attached hydrogen (secondary N) is 1. The molecule has 3 heteroatoms. The summed E-state index contributed by atoms with van der Waals surface area (Å²) in [6, 6.07) is 69.3. The Morgan fingerprint density at radius 3 is 1.68 bits per heavy atom. The fourth-order valence-corrected chi connectivity index (χ4v) is 7.37. The van der Waals surface area contributed by atoms with Crippen molar-refractivity contribution in [3.8, 4) is 11.1 Å². The Hall–Kier alpha value is -6.42. The van der Waals surface area contributed by atoms with Crippen LogP contribution in [-0.4, -0.2) is 5.01 Å². The minimum Gasteiger partial charge on any atom is -0.310 e. The summed E-state index contributed by atoms with van der Waals surface area (Å²) in [6.45, 7) is 0. The fourth-order valence-electron chi connectivity index (χ4n) is 7.37. The van der Waals surface area contributed by atoms with Gasteiger partial charge in [0.25, 0.3) is 0 Å². The van der Waals surface area contributed by atoms with Crippen LogP contribution >= 0.6 is 0 Å². The van der Waals surface area contributed by atoms with Gasteiger partial charge in [-0.15, -0.1) is 0 Å². The molecule has 1 N–H and O–H groups in total. The van der Waals surface area contributed by atoms with Gasteiger partial charge in [0.15, 0.2) is 0 Å². The maximum Gasteiger partial charge on any atom is 0.0793 e. The van der Waals surface area contributed by atoms with Crippen molar-refractivity contribution in [1.29, 1.82) is 0 Å². The van der Waals surface area contributed by atoms with Crippen LogP contribution in [0.2, 0.25) is 0 Å². The van der Waals surface area contributed by atoms with Gasteiger partial charge in [-0.25, -0.2) is 5.43 Å². The first-order valence-electron chi connectivity index (χ1n) is 17.2. The Bertz CT molecular complexity index is 2330. The first-order chi connectivity index (χ1) is 24.8. The van der Waals surface area contributed by atoms with Gasteiger partial charge in [-0.2, -0.15) is 0 Å². The number of hydrazine groups is 1. The zero-order valence-corrected chi connectivity index (χ0v) is 27.5. The minimum atomic E-state index is -0.0388. The molecule has 0 spiro atoms. The molecule has 1 unspecified atom stereocenters. The lowest BCUT2D eigenvalue weighted by Gasteiger charge is -2.34. The van der Waals surface area contributed by atoms with Crippen LogP contribution in [0.1, 0.15) is 33.9 Å². The van der Waals surface area contributed by atoms with Gasteiger partial charge in [0.2, 0.25) is 0 Å². The highest BCUT2D eigenvalue weighted by Crippen LogP contribution is 2.52. The second kappa shape index (κ2) is 12.9. The molecular formula is C47H35N3.